The van der Waals surface area contributed by atoms with Gasteiger partial charge in [-0.15, -0.1) is 26.3 Å². The van der Waals surface area contributed by atoms with Crippen LogP contribution in [0.3, 0.4) is 0 Å². The largest absolute Gasteiger partial charge is 0.573 e. The van der Waals surface area contributed by atoms with Crippen LogP contribution in [0.25, 0.3) is 0 Å². The van der Waals surface area contributed by atoms with Crippen LogP contribution in [0.4, 0.5) is 42.5 Å². The van der Waals surface area contributed by atoms with Crippen molar-refractivity contribution in [2.45, 2.75) is 57.5 Å². The number of anilines is 2. The normalized spacial score (nSPS) is 17.9. The minimum Gasteiger partial charge on any atom is -0.488 e. The molecule has 0 aromatic heterocycles. The lowest BCUT2D eigenvalue weighted by molar-refractivity contribution is -0.275. The maximum Gasteiger partial charge on any atom is 0.573 e. The summed E-state index contributed by atoms with van der Waals surface area (Å²) in [6, 6.07) is 7.34. The number of alkyl halides is 6. The second-order valence-electron chi connectivity index (χ2n) is 8.15. The summed E-state index contributed by atoms with van der Waals surface area (Å²) >= 11 is 0. The van der Waals surface area contributed by atoms with Crippen LogP contribution in [0, 0.1) is 0 Å². The van der Waals surface area contributed by atoms with Crippen molar-refractivity contribution in [2.24, 2.45) is 0 Å². The van der Waals surface area contributed by atoms with E-state index in [2.05, 4.69) is 25.4 Å². The summed E-state index contributed by atoms with van der Waals surface area (Å²) in [5.41, 5.74) is 0.130. The van der Waals surface area contributed by atoms with E-state index in [1.807, 2.05) is 0 Å². The van der Waals surface area contributed by atoms with Crippen LogP contribution in [-0.2, 0) is 4.79 Å². The number of carbonyl (C=O) groups is 2. The van der Waals surface area contributed by atoms with Crippen LogP contribution in [0.15, 0.2) is 42.5 Å². The maximum atomic E-state index is 12.5. The van der Waals surface area contributed by atoms with E-state index in [4.69, 9.17) is 4.74 Å². The number of hydrogen-bond donors (Lipinski definition) is 3. The first-order chi connectivity index (χ1) is 17.3. The lowest BCUT2D eigenvalue weighted by Crippen LogP contribution is -2.41. The minimum absolute atomic E-state index is 0.0191. The molecule has 0 bridgehead atoms. The SMILES string of the molecule is CC(=O)Nc1cc(OC(F)(F)F)ccc1OC1CCC(NC(=O)Nc2cccc(OC(F)(F)F)c2)CC1. The number of amides is 3. The van der Waals surface area contributed by atoms with Crippen LogP contribution in [0.1, 0.15) is 32.6 Å². The fourth-order valence-corrected chi connectivity index (χ4v) is 3.72. The number of halogens is 6. The number of carbonyl (C=O) groups excluding carboxylic acids is 2. The molecule has 2 aromatic rings. The molecule has 14 heteroatoms. The van der Waals surface area contributed by atoms with Gasteiger partial charge in [-0.1, -0.05) is 6.07 Å². The standard InChI is InChI=1S/C23H23F6N3O5/c1-13(33)30-19-12-18(37-23(27,28)29)9-10-20(19)35-16-7-5-14(6-8-16)31-21(34)32-15-3-2-4-17(11-15)36-22(24,25)26/h2-4,9-12,14,16H,5-8H2,1H3,(H,30,33)(H2,31,32,34). The van der Waals surface area contributed by atoms with Crippen LogP contribution in [-0.4, -0.2) is 36.8 Å². The molecule has 1 fully saturated rings. The highest BCUT2D eigenvalue weighted by atomic mass is 19.4. The summed E-state index contributed by atoms with van der Waals surface area (Å²) in [6.07, 6.45) is -8.11. The predicted octanol–water partition coefficient (Wildman–Crippen LogP) is 5.95. The average Bonchev–Trinajstić information content (AvgIpc) is 2.74. The summed E-state index contributed by atoms with van der Waals surface area (Å²) < 4.78 is 88.2. The van der Waals surface area contributed by atoms with E-state index in [0.29, 0.717) is 25.7 Å². The third-order valence-corrected chi connectivity index (χ3v) is 5.12. The van der Waals surface area contributed by atoms with E-state index in [0.717, 1.165) is 24.3 Å². The third kappa shape index (κ3) is 9.61. The molecule has 0 spiro atoms. The number of nitrogens with one attached hydrogen (secondary N) is 3. The fourth-order valence-electron chi connectivity index (χ4n) is 3.72. The molecule has 0 heterocycles. The number of ether oxygens (including phenoxy) is 3. The van der Waals surface area contributed by atoms with Gasteiger partial charge in [0.2, 0.25) is 5.91 Å². The van der Waals surface area contributed by atoms with Crippen molar-refractivity contribution in [3.05, 3.63) is 42.5 Å². The Hall–Kier alpha value is -3.84. The maximum absolute atomic E-state index is 12.5. The van der Waals surface area contributed by atoms with E-state index in [9.17, 15) is 35.9 Å². The average molecular weight is 535 g/mol. The Labute approximate surface area is 207 Å². The molecule has 0 saturated heterocycles. The summed E-state index contributed by atoms with van der Waals surface area (Å²) in [5, 5.41) is 7.61. The molecule has 2 aromatic carbocycles. The Bertz CT molecular complexity index is 1100. The van der Waals surface area contributed by atoms with Gasteiger partial charge in [0.05, 0.1) is 11.8 Å². The highest BCUT2D eigenvalue weighted by Gasteiger charge is 2.32. The zero-order valence-electron chi connectivity index (χ0n) is 19.3. The molecule has 3 N–H and O–H groups in total. The van der Waals surface area contributed by atoms with Crippen LogP contribution < -0.4 is 30.2 Å². The molecule has 0 radical (unpaired) electrons. The number of urea groups is 1. The van der Waals surface area contributed by atoms with Crippen LogP contribution in [0.2, 0.25) is 0 Å². The van der Waals surface area contributed by atoms with Gasteiger partial charge in [0.15, 0.2) is 0 Å². The molecule has 0 atom stereocenters. The number of benzene rings is 2. The number of rotatable bonds is 7. The molecule has 202 valence electrons. The second-order valence-corrected chi connectivity index (χ2v) is 8.15. The lowest BCUT2D eigenvalue weighted by atomic mass is 9.93. The van der Waals surface area contributed by atoms with Crippen molar-refractivity contribution in [1.29, 1.82) is 0 Å². The Kier molecular flexibility index (Phi) is 8.61. The minimum atomic E-state index is -4.90. The van der Waals surface area contributed by atoms with Gasteiger partial charge >= 0.3 is 18.8 Å². The van der Waals surface area contributed by atoms with E-state index >= 15 is 0 Å². The topological polar surface area (TPSA) is 97.9 Å². The van der Waals surface area contributed by atoms with Gasteiger partial charge in [0, 0.05) is 30.8 Å². The van der Waals surface area contributed by atoms with Gasteiger partial charge < -0.3 is 30.2 Å². The molecule has 0 aliphatic heterocycles. The van der Waals surface area contributed by atoms with E-state index in [1.165, 1.54) is 25.1 Å². The van der Waals surface area contributed by atoms with Gasteiger partial charge in [-0.05, 0) is 49.9 Å². The van der Waals surface area contributed by atoms with Crippen molar-refractivity contribution in [1.82, 2.24) is 5.32 Å². The fraction of sp³-hybridized carbons (Fsp3) is 0.391. The first-order valence-corrected chi connectivity index (χ1v) is 11.0. The van der Waals surface area contributed by atoms with Gasteiger partial charge in [-0.3, -0.25) is 4.79 Å². The van der Waals surface area contributed by atoms with Gasteiger partial charge in [-0.25, -0.2) is 4.79 Å². The predicted molar refractivity (Wildman–Crippen MR) is 119 cm³/mol. The molecule has 8 nitrogen and oxygen atoms in total. The smallest absolute Gasteiger partial charge is 0.488 e. The Morgan fingerprint density at radius 2 is 1.46 bits per heavy atom. The van der Waals surface area contributed by atoms with Crippen molar-refractivity contribution >= 4 is 23.3 Å². The zero-order valence-corrected chi connectivity index (χ0v) is 19.3. The molecule has 1 saturated carbocycles. The Morgan fingerprint density at radius 3 is 2.05 bits per heavy atom. The van der Waals surface area contributed by atoms with Crippen LogP contribution >= 0.6 is 0 Å². The van der Waals surface area contributed by atoms with Crippen molar-refractivity contribution < 1.29 is 50.1 Å². The first kappa shape index (κ1) is 27.7. The van der Waals surface area contributed by atoms with E-state index in [-0.39, 0.29) is 29.3 Å². The van der Waals surface area contributed by atoms with Gasteiger partial charge in [0.1, 0.15) is 17.2 Å². The van der Waals surface area contributed by atoms with E-state index < -0.39 is 36.2 Å². The highest BCUT2D eigenvalue weighted by Crippen LogP contribution is 2.34. The molecule has 0 unspecified atom stereocenters. The van der Waals surface area contributed by atoms with Crippen LogP contribution in [0.5, 0.6) is 17.2 Å². The summed E-state index contributed by atoms with van der Waals surface area (Å²) in [7, 11) is 0. The summed E-state index contributed by atoms with van der Waals surface area (Å²) in [5.74, 6) is -1.33. The van der Waals surface area contributed by atoms with Crippen molar-refractivity contribution in [2.75, 3.05) is 10.6 Å². The third-order valence-electron chi connectivity index (χ3n) is 5.12. The first-order valence-electron chi connectivity index (χ1n) is 11.0. The van der Waals surface area contributed by atoms with E-state index in [1.54, 1.807) is 0 Å². The summed E-state index contributed by atoms with van der Waals surface area (Å²) in [4.78, 5) is 23.8. The molecule has 1 aliphatic carbocycles. The van der Waals surface area contributed by atoms with Gasteiger partial charge in [0.25, 0.3) is 0 Å². The monoisotopic (exact) mass is 535 g/mol. The van der Waals surface area contributed by atoms with Crippen molar-refractivity contribution in [3.63, 3.8) is 0 Å². The Morgan fingerprint density at radius 1 is 0.838 bits per heavy atom. The molecular weight excluding hydrogens is 512 g/mol. The number of hydrogen-bond acceptors (Lipinski definition) is 5. The zero-order chi connectivity index (χ0) is 27.2. The summed E-state index contributed by atoms with van der Waals surface area (Å²) in [6.45, 7) is 1.20. The molecule has 1 aliphatic rings. The molecule has 3 rings (SSSR count). The molecule has 3 amide bonds. The quantitative estimate of drug-likeness (QED) is 0.381. The Balaban J connectivity index is 1.52. The highest BCUT2D eigenvalue weighted by molar-refractivity contribution is 5.91. The molecule has 37 heavy (non-hydrogen) atoms. The second kappa shape index (κ2) is 11.5. The lowest BCUT2D eigenvalue weighted by Gasteiger charge is -2.30. The van der Waals surface area contributed by atoms with Gasteiger partial charge in [-0.2, -0.15) is 0 Å². The molecular formula is C23H23F6N3O5. The van der Waals surface area contributed by atoms with Crippen molar-refractivity contribution in [3.8, 4) is 17.2 Å².